The van der Waals surface area contributed by atoms with Gasteiger partial charge in [0.1, 0.15) is 13.2 Å². The van der Waals surface area contributed by atoms with Gasteiger partial charge in [-0.3, -0.25) is 14.4 Å². The molecular weight excluding hydrogens is 949 g/mol. The maximum Gasteiger partial charge on any atom is 0.306 e. The summed E-state index contributed by atoms with van der Waals surface area (Å²) in [6.45, 7) is 6.34. The Hall–Kier alpha value is -4.97. The third kappa shape index (κ3) is 61.8. The van der Waals surface area contributed by atoms with Crippen molar-refractivity contribution in [2.75, 3.05) is 13.2 Å². The van der Waals surface area contributed by atoms with E-state index in [0.29, 0.717) is 12.8 Å². The number of hydrogen-bond donors (Lipinski definition) is 0. The Morgan fingerprint density at radius 3 is 0.792 bits per heavy atom. The van der Waals surface area contributed by atoms with E-state index in [1.54, 1.807) is 0 Å². The second-order valence-electron chi connectivity index (χ2n) is 19.9. The van der Waals surface area contributed by atoms with Crippen molar-refractivity contribution in [3.8, 4) is 0 Å². The first-order valence-electron chi connectivity index (χ1n) is 31.0. The van der Waals surface area contributed by atoms with Crippen LogP contribution in [0.1, 0.15) is 252 Å². The van der Waals surface area contributed by atoms with Crippen molar-refractivity contribution >= 4 is 17.9 Å². The predicted molar refractivity (Wildman–Crippen MR) is 334 cm³/mol. The molecule has 0 aromatic carbocycles. The number of allylic oxidation sites excluding steroid dienone is 26. The maximum atomic E-state index is 12.9. The van der Waals surface area contributed by atoms with Crippen LogP contribution in [0.4, 0.5) is 0 Å². The van der Waals surface area contributed by atoms with E-state index in [-0.39, 0.29) is 37.5 Å². The van der Waals surface area contributed by atoms with Gasteiger partial charge in [0.25, 0.3) is 0 Å². The largest absolute Gasteiger partial charge is 0.462 e. The molecule has 1 atom stereocenters. The van der Waals surface area contributed by atoms with Crippen molar-refractivity contribution in [3.05, 3.63) is 158 Å². The molecule has 0 aliphatic rings. The van der Waals surface area contributed by atoms with Crippen LogP contribution in [0.2, 0.25) is 0 Å². The van der Waals surface area contributed by atoms with Gasteiger partial charge in [0, 0.05) is 19.3 Å². The monoisotopic (exact) mass is 1060 g/mol. The normalized spacial score (nSPS) is 13.2. The number of rotatable bonds is 54. The Morgan fingerprint density at radius 2 is 0.506 bits per heavy atom. The van der Waals surface area contributed by atoms with Gasteiger partial charge in [-0.2, -0.15) is 0 Å². The van der Waals surface area contributed by atoms with Crippen molar-refractivity contribution in [1.29, 1.82) is 0 Å². The van der Waals surface area contributed by atoms with Crippen LogP contribution in [0.15, 0.2) is 158 Å². The van der Waals surface area contributed by atoms with Crippen LogP contribution < -0.4 is 0 Å². The van der Waals surface area contributed by atoms with Gasteiger partial charge in [-0.25, -0.2) is 0 Å². The molecule has 0 rings (SSSR count). The maximum absolute atomic E-state index is 12.9. The minimum atomic E-state index is -0.806. The molecule has 0 amide bonds. The number of carbonyl (C=O) groups is 3. The Bertz CT molecular complexity index is 1740. The minimum absolute atomic E-state index is 0.100. The number of esters is 3. The van der Waals surface area contributed by atoms with E-state index in [9.17, 15) is 14.4 Å². The standard InChI is InChI=1S/C71H112O6/c1-4-7-10-13-16-19-21-23-25-27-29-31-33-34-35-36-38-39-41-43-45-47-49-52-55-58-61-64-70(73)76-67-68(66-75-69(72)63-60-57-54-51-18-15-12-9-6-3)77-71(74)65-62-59-56-53-50-48-46-44-42-40-37-32-30-28-26-24-22-20-17-14-11-8-5-2/h7-8,10-11,16-17,19-20,23-26,29-32,34-35,38-40,42-43,45-46,48,68H,4-6,9,12-15,18,21-22,27-28,33,36-37,41,44,47,49-67H2,1-3H3/b10-7-,11-8-,19-16-,20-17-,25-23-,26-24-,31-29-,32-30-,35-34-,39-38-,42-40-,45-43-,48-46-. The van der Waals surface area contributed by atoms with Crippen LogP contribution in [-0.4, -0.2) is 37.2 Å². The van der Waals surface area contributed by atoms with E-state index >= 15 is 0 Å². The first-order valence-corrected chi connectivity index (χ1v) is 31.0. The van der Waals surface area contributed by atoms with Gasteiger partial charge >= 0.3 is 17.9 Å². The molecule has 0 radical (unpaired) electrons. The highest BCUT2D eigenvalue weighted by atomic mass is 16.6. The van der Waals surface area contributed by atoms with E-state index in [1.165, 1.54) is 38.5 Å². The highest BCUT2D eigenvalue weighted by Crippen LogP contribution is 2.14. The summed E-state index contributed by atoms with van der Waals surface area (Å²) >= 11 is 0. The van der Waals surface area contributed by atoms with Gasteiger partial charge in [-0.1, -0.05) is 262 Å². The van der Waals surface area contributed by atoms with Gasteiger partial charge in [-0.05, 0) is 128 Å². The number of hydrogen-bond acceptors (Lipinski definition) is 6. The van der Waals surface area contributed by atoms with Crippen molar-refractivity contribution in [3.63, 3.8) is 0 Å². The molecule has 0 N–H and O–H groups in total. The summed E-state index contributed by atoms with van der Waals surface area (Å²) in [4.78, 5) is 38.2. The SMILES string of the molecule is CC/C=C\C/C=C\C/C=C\C/C=C\C/C=C\C/C=C\C/C=C\CCCCCCCC(=O)OCC(COC(=O)CCCCCCCCCCC)OC(=O)CCCCCC/C=C\C/C=C\C/C=C\C/C=C\C/C=C\C/C=C\CC. The van der Waals surface area contributed by atoms with Gasteiger partial charge < -0.3 is 14.2 Å². The number of carbonyl (C=O) groups excluding carboxylic acids is 3. The van der Waals surface area contributed by atoms with Crippen LogP contribution >= 0.6 is 0 Å². The fraction of sp³-hybridized carbons (Fsp3) is 0.592. The Balaban J connectivity index is 4.38. The molecule has 0 saturated carbocycles. The molecule has 77 heavy (non-hydrogen) atoms. The molecule has 0 aromatic heterocycles. The average molecular weight is 1060 g/mol. The van der Waals surface area contributed by atoms with E-state index < -0.39 is 6.10 Å². The Labute approximate surface area is 473 Å². The lowest BCUT2D eigenvalue weighted by Gasteiger charge is -2.18. The van der Waals surface area contributed by atoms with Crippen LogP contribution in [0.25, 0.3) is 0 Å². The summed E-state index contributed by atoms with van der Waals surface area (Å²) in [5.41, 5.74) is 0. The van der Waals surface area contributed by atoms with E-state index in [4.69, 9.17) is 14.2 Å². The van der Waals surface area contributed by atoms with Crippen LogP contribution in [0.5, 0.6) is 0 Å². The van der Waals surface area contributed by atoms with Gasteiger partial charge in [0.2, 0.25) is 0 Å². The first-order chi connectivity index (χ1) is 38.0. The fourth-order valence-electron chi connectivity index (χ4n) is 7.95. The Kier molecular flexibility index (Phi) is 59.5. The number of unbranched alkanes of at least 4 members (excludes halogenated alkanes) is 17. The lowest BCUT2D eigenvalue weighted by Crippen LogP contribution is -2.30. The zero-order chi connectivity index (χ0) is 55.7. The summed E-state index contributed by atoms with van der Waals surface area (Å²) in [5.74, 6) is -0.953. The molecule has 0 saturated heterocycles. The van der Waals surface area contributed by atoms with Crippen molar-refractivity contribution in [2.45, 2.75) is 258 Å². The summed E-state index contributed by atoms with van der Waals surface area (Å²) in [6.07, 6.45) is 92.5. The fourth-order valence-corrected chi connectivity index (χ4v) is 7.95. The highest BCUT2D eigenvalue weighted by molar-refractivity contribution is 5.71. The van der Waals surface area contributed by atoms with Crippen molar-refractivity contribution < 1.29 is 28.6 Å². The molecule has 6 nitrogen and oxygen atoms in total. The van der Waals surface area contributed by atoms with E-state index in [0.717, 1.165) is 173 Å². The molecule has 0 heterocycles. The van der Waals surface area contributed by atoms with Crippen molar-refractivity contribution in [2.24, 2.45) is 0 Å². The summed E-state index contributed by atoms with van der Waals surface area (Å²) < 4.78 is 16.8. The molecule has 0 spiro atoms. The van der Waals surface area contributed by atoms with Gasteiger partial charge in [0.15, 0.2) is 6.10 Å². The van der Waals surface area contributed by atoms with E-state index in [2.05, 4.69) is 179 Å². The topological polar surface area (TPSA) is 78.9 Å². The molecule has 1 unspecified atom stereocenters. The zero-order valence-corrected chi connectivity index (χ0v) is 49.4. The number of ether oxygens (including phenoxy) is 3. The predicted octanol–water partition coefficient (Wildman–Crippen LogP) is 21.3. The van der Waals surface area contributed by atoms with Crippen LogP contribution in [0.3, 0.4) is 0 Å². The quantitative estimate of drug-likeness (QED) is 0.0261. The summed E-state index contributed by atoms with van der Waals surface area (Å²) in [6, 6.07) is 0. The zero-order valence-electron chi connectivity index (χ0n) is 49.4. The lowest BCUT2D eigenvalue weighted by molar-refractivity contribution is -0.167. The van der Waals surface area contributed by atoms with Crippen molar-refractivity contribution in [1.82, 2.24) is 0 Å². The molecule has 6 heteroatoms. The molecular formula is C71H112O6. The second kappa shape index (κ2) is 63.6. The molecule has 0 aliphatic carbocycles. The van der Waals surface area contributed by atoms with Crippen LogP contribution in [-0.2, 0) is 28.6 Å². The molecule has 0 bridgehead atoms. The second-order valence-corrected chi connectivity index (χ2v) is 19.9. The molecule has 432 valence electrons. The molecule has 0 aliphatic heterocycles. The van der Waals surface area contributed by atoms with Gasteiger partial charge in [-0.15, -0.1) is 0 Å². The lowest BCUT2D eigenvalue weighted by atomic mass is 10.1. The first kappa shape index (κ1) is 72.0. The third-order valence-corrected chi connectivity index (χ3v) is 12.5. The minimum Gasteiger partial charge on any atom is -0.462 e. The average Bonchev–Trinajstić information content (AvgIpc) is 3.43. The third-order valence-electron chi connectivity index (χ3n) is 12.5. The molecule has 0 aromatic rings. The highest BCUT2D eigenvalue weighted by Gasteiger charge is 2.19. The van der Waals surface area contributed by atoms with Gasteiger partial charge in [0.05, 0.1) is 0 Å². The smallest absolute Gasteiger partial charge is 0.306 e. The molecule has 0 fully saturated rings. The summed E-state index contributed by atoms with van der Waals surface area (Å²) in [7, 11) is 0. The van der Waals surface area contributed by atoms with Crippen LogP contribution in [0, 0.1) is 0 Å². The summed E-state index contributed by atoms with van der Waals surface area (Å²) in [5, 5.41) is 0. The Morgan fingerprint density at radius 1 is 0.273 bits per heavy atom. The van der Waals surface area contributed by atoms with E-state index in [1.807, 2.05) is 0 Å².